The summed E-state index contributed by atoms with van der Waals surface area (Å²) in [7, 11) is -7.22. The third-order valence-electron chi connectivity index (χ3n) is 5.61. The lowest BCUT2D eigenvalue weighted by Crippen LogP contribution is -2.30. The molecule has 0 aliphatic carbocycles. The number of hydrogen-bond acceptors (Lipinski definition) is 6. The molecule has 0 saturated heterocycles. The van der Waals surface area contributed by atoms with Gasteiger partial charge in [-0.3, -0.25) is 9.10 Å². The van der Waals surface area contributed by atoms with E-state index in [4.69, 9.17) is 0 Å². The minimum Gasteiger partial charge on any atom is -0.312 e. The van der Waals surface area contributed by atoms with Crippen LogP contribution in [-0.2, 0) is 26.4 Å². The molecule has 0 bridgehead atoms. The van der Waals surface area contributed by atoms with Gasteiger partial charge in [0.05, 0.1) is 25.7 Å². The summed E-state index contributed by atoms with van der Waals surface area (Å²) >= 11 is 1.19. The summed E-state index contributed by atoms with van der Waals surface area (Å²) in [5.41, 5.74) is 1.50. The van der Waals surface area contributed by atoms with Crippen LogP contribution in [0.3, 0.4) is 0 Å². The van der Waals surface area contributed by atoms with Crippen molar-refractivity contribution < 1.29 is 21.6 Å². The quantitative estimate of drug-likeness (QED) is 0.302. The van der Waals surface area contributed by atoms with Gasteiger partial charge in [-0.1, -0.05) is 35.6 Å². The van der Waals surface area contributed by atoms with Crippen LogP contribution in [0.2, 0.25) is 0 Å². The maximum absolute atomic E-state index is 13.2. The SMILES string of the molecule is C=CCn1c(=NC(=O)c2ccc(S(=O)(=O)N(CC)c3ccccc3)cc2)sc2cc(S(C)(=O)=O)ccc21. The van der Waals surface area contributed by atoms with E-state index in [1.807, 2.05) is 6.07 Å². The number of benzene rings is 3. The Balaban J connectivity index is 1.70. The van der Waals surface area contributed by atoms with Crippen molar-refractivity contribution in [2.45, 2.75) is 23.3 Å². The Labute approximate surface area is 219 Å². The van der Waals surface area contributed by atoms with Gasteiger partial charge >= 0.3 is 0 Å². The summed E-state index contributed by atoms with van der Waals surface area (Å²) in [4.78, 5) is 17.9. The lowest BCUT2D eigenvalue weighted by atomic mass is 10.2. The van der Waals surface area contributed by atoms with E-state index in [1.165, 1.54) is 46.0 Å². The summed E-state index contributed by atoms with van der Waals surface area (Å²) in [6.07, 6.45) is 2.80. The molecule has 8 nitrogen and oxygen atoms in total. The van der Waals surface area contributed by atoms with Crippen molar-refractivity contribution in [3.63, 3.8) is 0 Å². The number of thiazole rings is 1. The summed E-state index contributed by atoms with van der Waals surface area (Å²) in [5.74, 6) is -0.549. The van der Waals surface area contributed by atoms with Crippen molar-refractivity contribution >= 4 is 53.0 Å². The average molecular weight is 556 g/mol. The summed E-state index contributed by atoms with van der Waals surface area (Å²) in [6, 6.07) is 19.2. The zero-order chi connectivity index (χ0) is 26.8. The molecule has 0 aliphatic rings. The Kier molecular flexibility index (Phi) is 7.49. The highest BCUT2D eigenvalue weighted by atomic mass is 32.2. The van der Waals surface area contributed by atoms with Crippen molar-refractivity contribution in [1.82, 2.24) is 4.57 Å². The van der Waals surface area contributed by atoms with Crippen LogP contribution >= 0.6 is 11.3 Å². The second-order valence-corrected chi connectivity index (χ2v) is 13.0. The van der Waals surface area contributed by atoms with E-state index in [9.17, 15) is 21.6 Å². The van der Waals surface area contributed by atoms with Gasteiger partial charge in [0.1, 0.15) is 0 Å². The number of aromatic nitrogens is 1. The molecule has 0 N–H and O–H groups in total. The molecule has 0 radical (unpaired) electrons. The highest BCUT2D eigenvalue weighted by Crippen LogP contribution is 2.24. The average Bonchev–Trinajstić information content (AvgIpc) is 3.21. The molecule has 0 saturated carbocycles. The third-order valence-corrected chi connectivity index (χ3v) is 9.68. The molecule has 11 heteroatoms. The Morgan fingerprint density at radius 2 is 1.65 bits per heavy atom. The summed E-state index contributed by atoms with van der Waals surface area (Å²) < 4.78 is 54.1. The number of carbonyl (C=O) groups is 1. The first-order chi connectivity index (χ1) is 17.6. The highest BCUT2D eigenvalue weighted by Gasteiger charge is 2.23. The molecule has 0 spiro atoms. The van der Waals surface area contributed by atoms with Gasteiger partial charge in [0.25, 0.3) is 15.9 Å². The Morgan fingerprint density at radius 3 is 2.24 bits per heavy atom. The van der Waals surface area contributed by atoms with Gasteiger partial charge in [-0.15, -0.1) is 6.58 Å². The topological polar surface area (TPSA) is 106 Å². The van der Waals surface area contributed by atoms with Gasteiger partial charge in [-0.05, 0) is 61.5 Å². The van der Waals surface area contributed by atoms with Crippen LogP contribution in [-0.4, -0.2) is 40.1 Å². The molecule has 192 valence electrons. The van der Waals surface area contributed by atoms with Crippen molar-refractivity contribution in [1.29, 1.82) is 0 Å². The molecular formula is C26H25N3O5S3. The number of para-hydroxylation sites is 1. The molecule has 1 aromatic heterocycles. The Bertz CT molecular complexity index is 1750. The van der Waals surface area contributed by atoms with E-state index in [2.05, 4.69) is 11.6 Å². The van der Waals surface area contributed by atoms with Crippen LogP contribution in [0.5, 0.6) is 0 Å². The molecule has 1 amide bonds. The fourth-order valence-electron chi connectivity index (χ4n) is 3.81. The largest absolute Gasteiger partial charge is 0.312 e. The fourth-order valence-corrected chi connectivity index (χ4v) is 7.08. The number of fused-ring (bicyclic) bond motifs is 1. The predicted molar refractivity (Wildman–Crippen MR) is 146 cm³/mol. The molecular weight excluding hydrogens is 531 g/mol. The number of amides is 1. The summed E-state index contributed by atoms with van der Waals surface area (Å²) in [6.45, 7) is 6.13. The van der Waals surface area contributed by atoms with Gasteiger partial charge in [0.15, 0.2) is 14.6 Å². The standard InChI is InChI=1S/C26H25N3O5S3/c1-4-17-28-23-16-15-22(36(3,31)32)18-24(23)35-26(28)27-25(30)19-11-13-21(14-12-19)37(33,34)29(5-2)20-9-7-6-8-10-20/h4,6-16,18H,1,5,17H2,2-3H3. The van der Waals surface area contributed by atoms with E-state index in [-0.39, 0.29) is 21.9 Å². The number of nitrogens with zero attached hydrogens (tertiary/aromatic N) is 3. The first kappa shape index (κ1) is 26.5. The molecule has 0 unspecified atom stereocenters. The summed E-state index contributed by atoms with van der Waals surface area (Å²) in [5, 5.41) is 0. The first-order valence-corrected chi connectivity index (χ1v) is 15.4. The molecule has 0 aliphatic heterocycles. The second-order valence-electron chi connectivity index (χ2n) is 8.13. The van der Waals surface area contributed by atoms with Crippen LogP contribution in [0.1, 0.15) is 17.3 Å². The van der Waals surface area contributed by atoms with E-state index in [0.29, 0.717) is 21.7 Å². The highest BCUT2D eigenvalue weighted by molar-refractivity contribution is 7.92. The number of sulfonamides is 1. The molecule has 0 fully saturated rings. The monoisotopic (exact) mass is 555 g/mol. The number of hydrogen-bond donors (Lipinski definition) is 0. The zero-order valence-corrected chi connectivity index (χ0v) is 22.7. The molecule has 1 heterocycles. The molecule has 3 aromatic carbocycles. The lowest BCUT2D eigenvalue weighted by Gasteiger charge is -2.22. The predicted octanol–water partition coefficient (Wildman–Crippen LogP) is 4.25. The van der Waals surface area contributed by atoms with E-state index < -0.39 is 25.8 Å². The number of anilines is 1. The molecule has 4 rings (SSSR count). The number of allylic oxidation sites excluding steroid dienone is 1. The van der Waals surface area contributed by atoms with Crippen LogP contribution in [0.15, 0.2) is 100 Å². The van der Waals surface area contributed by atoms with Crippen LogP contribution in [0.4, 0.5) is 5.69 Å². The second kappa shape index (κ2) is 10.4. The fraction of sp³-hybridized carbons (Fsp3) is 0.154. The van der Waals surface area contributed by atoms with Crippen molar-refractivity contribution in [2.24, 2.45) is 4.99 Å². The minimum absolute atomic E-state index is 0.0617. The number of carbonyl (C=O) groups excluding carboxylic acids is 1. The molecule has 0 atom stereocenters. The van der Waals surface area contributed by atoms with Crippen LogP contribution < -0.4 is 9.11 Å². The lowest BCUT2D eigenvalue weighted by molar-refractivity contribution is 0.0997. The smallest absolute Gasteiger partial charge is 0.279 e. The number of rotatable bonds is 8. The van der Waals surface area contributed by atoms with E-state index >= 15 is 0 Å². The van der Waals surface area contributed by atoms with Crippen molar-refractivity contribution in [3.8, 4) is 0 Å². The Hall–Kier alpha value is -3.54. The maximum Gasteiger partial charge on any atom is 0.279 e. The third kappa shape index (κ3) is 5.43. The van der Waals surface area contributed by atoms with Gasteiger partial charge in [0, 0.05) is 24.9 Å². The van der Waals surface area contributed by atoms with Gasteiger partial charge < -0.3 is 4.57 Å². The van der Waals surface area contributed by atoms with E-state index in [1.54, 1.807) is 54.0 Å². The first-order valence-electron chi connectivity index (χ1n) is 11.3. The zero-order valence-electron chi connectivity index (χ0n) is 20.2. The van der Waals surface area contributed by atoms with E-state index in [0.717, 1.165) is 11.8 Å². The van der Waals surface area contributed by atoms with Crippen LogP contribution in [0, 0.1) is 0 Å². The van der Waals surface area contributed by atoms with Gasteiger partial charge in [-0.25, -0.2) is 16.8 Å². The normalized spacial score (nSPS) is 12.5. The molecule has 37 heavy (non-hydrogen) atoms. The number of sulfone groups is 1. The van der Waals surface area contributed by atoms with Crippen molar-refractivity contribution in [2.75, 3.05) is 17.1 Å². The van der Waals surface area contributed by atoms with Crippen molar-refractivity contribution in [3.05, 3.63) is 95.8 Å². The van der Waals surface area contributed by atoms with Crippen LogP contribution in [0.25, 0.3) is 10.2 Å². The molecule has 4 aromatic rings. The maximum atomic E-state index is 13.2. The minimum atomic E-state index is -3.82. The van der Waals surface area contributed by atoms with Gasteiger partial charge in [0.2, 0.25) is 0 Å². The Morgan fingerprint density at radius 1 is 1.00 bits per heavy atom. The van der Waals surface area contributed by atoms with Gasteiger partial charge in [-0.2, -0.15) is 4.99 Å².